The minimum atomic E-state index is -1.80. The van der Waals surface area contributed by atoms with Crippen LogP contribution in [0.3, 0.4) is 0 Å². The topological polar surface area (TPSA) is 135 Å². The summed E-state index contributed by atoms with van der Waals surface area (Å²) in [4.78, 5) is 11.0. The van der Waals surface area contributed by atoms with Crippen molar-refractivity contribution >= 4 is 5.91 Å². The molecule has 8 heteroatoms. The minimum absolute atomic E-state index is 0.650. The lowest BCUT2D eigenvalue weighted by atomic mass is 9.97. The Kier molecular flexibility index (Phi) is 3.82. The molecular weight excluding hydrogens is 222 g/mol. The minimum Gasteiger partial charge on any atom is -0.626 e. The molecule has 6 atom stereocenters. The van der Waals surface area contributed by atoms with Crippen molar-refractivity contribution in [2.24, 2.45) is 0 Å². The quantitative estimate of drug-likeness (QED) is 0.307. The first-order chi connectivity index (χ1) is 7.93. The van der Waals surface area contributed by atoms with Gasteiger partial charge in [0.15, 0.2) is 6.04 Å². The van der Waals surface area contributed by atoms with E-state index in [1.807, 2.05) is 0 Å². The first-order valence-electron chi connectivity index (χ1n) is 5.31. The molecule has 2 unspecified atom stereocenters. The maximum Gasteiger partial charge on any atom is 0.309 e. The molecule has 94 valence electrons. The zero-order chi connectivity index (χ0) is 13.2. The van der Waals surface area contributed by atoms with Crippen molar-refractivity contribution in [3.63, 3.8) is 0 Å². The maximum absolute atomic E-state index is 11.4. The number of amides is 1. The number of hydroxylamine groups is 2. The molecule has 1 fully saturated rings. The number of aliphatic hydroxyl groups is 4. The molecule has 1 saturated heterocycles. The van der Waals surface area contributed by atoms with E-state index in [4.69, 9.17) is 11.2 Å². The molecule has 16 heavy (non-hydrogen) atoms. The molecule has 0 bridgehead atoms. The van der Waals surface area contributed by atoms with Crippen LogP contribution in [-0.4, -0.2) is 63.6 Å². The Morgan fingerprint density at radius 2 is 2.12 bits per heavy atom. The highest BCUT2D eigenvalue weighted by atomic mass is 16.6. The van der Waals surface area contributed by atoms with Crippen molar-refractivity contribution in [1.82, 2.24) is 0 Å². The molecule has 1 heterocycles. The van der Waals surface area contributed by atoms with E-state index in [0.29, 0.717) is 0 Å². The second kappa shape index (κ2) is 5.15. The first-order valence-corrected chi connectivity index (χ1v) is 4.60. The van der Waals surface area contributed by atoms with Crippen LogP contribution in [0.4, 0.5) is 0 Å². The van der Waals surface area contributed by atoms with Crippen LogP contribution < -0.4 is 5.06 Å². The van der Waals surface area contributed by atoms with E-state index in [1.54, 1.807) is 0 Å². The SMILES string of the molecule is [2H]CC(=O)[NH+]([O-])[C@H]1C(O)O[C@H](CO)[C@@H](O)[C@@H]1O. The average molecular weight is 238 g/mol. The zero-order valence-electron chi connectivity index (χ0n) is 9.31. The largest absolute Gasteiger partial charge is 0.626 e. The van der Waals surface area contributed by atoms with Crippen molar-refractivity contribution in [2.75, 3.05) is 6.61 Å². The highest BCUT2D eigenvalue weighted by Crippen LogP contribution is 2.17. The summed E-state index contributed by atoms with van der Waals surface area (Å²) in [6.45, 7) is -1.46. The number of carbonyl (C=O) groups excluding carboxylic acids is 1. The molecule has 0 aromatic carbocycles. The van der Waals surface area contributed by atoms with Gasteiger partial charge in [-0.3, -0.25) is 0 Å². The van der Waals surface area contributed by atoms with Gasteiger partial charge in [-0.2, -0.15) is 0 Å². The second-order valence-corrected chi connectivity index (χ2v) is 3.54. The Hall–Kier alpha value is -0.610. The smallest absolute Gasteiger partial charge is 0.309 e. The van der Waals surface area contributed by atoms with Crippen LogP contribution in [0.5, 0.6) is 0 Å². The number of hydrogen-bond donors (Lipinski definition) is 5. The normalized spacial score (nSPS) is 42.6. The lowest BCUT2D eigenvalue weighted by Crippen LogP contribution is -3.17. The number of ether oxygens (including phenoxy) is 1. The summed E-state index contributed by atoms with van der Waals surface area (Å²) >= 11 is 0. The van der Waals surface area contributed by atoms with Crippen LogP contribution in [0.2, 0.25) is 0 Å². The first kappa shape index (κ1) is 11.9. The Balaban J connectivity index is 2.82. The van der Waals surface area contributed by atoms with Gasteiger partial charge < -0.3 is 35.4 Å². The summed E-state index contributed by atoms with van der Waals surface area (Å²) in [5.74, 6) is -1.09. The van der Waals surface area contributed by atoms with Gasteiger partial charge in [-0.05, 0) is 0 Å². The maximum atomic E-state index is 11.4. The highest BCUT2D eigenvalue weighted by molar-refractivity contribution is 5.63. The number of quaternary nitrogens is 1. The van der Waals surface area contributed by atoms with Crippen molar-refractivity contribution in [3.8, 4) is 0 Å². The standard InChI is InChI=1S/C8H15NO7/c1-3(11)9(15)5-7(13)6(12)4(2-10)16-8(5)14/h4-10,12-14H,2H2,1H3/t4-,5-,6-,7-,8?/m1/s1/i1D. The fourth-order valence-corrected chi connectivity index (χ4v) is 1.57. The Morgan fingerprint density at radius 1 is 1.50 bits per heavy atom. The Labute approximate surface area is 92.7 Å². The van der Waals surface area contributed by atoms with Crippen LogP contribution in [-0.2, 0) is 9.53 Å². The van der Waals surface area contributed by atoms with Gasteiger partial charge in [0.2, 0.25) is 6.29 Å². The third-order valence-corrected chi connectivity index (χ3v) is 2.48. The van der Waals surface area contributed by atoms with Crippen molar-refractivity contribution in [1.29, 1.82) is 0 Å². The predicted octanol–water partition coefficient (Wildman–Crippen LogP) is -4.28. The summed E-state index contributed by atoms with van der Waals surface area (Å²) < 4.78 is 11.4. The molecule has 0 radical (unpaired) electrons. The van der Waals surface area contributed by atoms with Crippen LogP contribution in [0.25, 0.3) is 0 Å². The van der Waals surface area contributed by atoms with Gasteiger partial charge in [0.25, 0.3) is 0 Å². The molecule has 0 spiro atoms. The molecule has 5 N–H and O–H groups in total. The van der Waals surface area contributed by atoms with Crippen LogP contribution >= 0.6 is 0 Å². The average Bonchev–Trinajstić information content (AvgIpc) is 2.32. The van der Waals surface area contributed by atoms with Gasteiger partial charge >= 0.3 is 5.91 Å². The number of rotatable bonds is 2. The fraction of sp³-hybridized carbons (Fsp3) is 0.875. The zero-order valence-corrected chi connectivity index (χ0v) is 8.31. The van der Waals surface area contributed by atoms with Crippen molar-refractivity contribution in [2.45, 2.75) is 37.5 Å². The van der Waals surface area contributed by atoms with Gasteiger partial charge in [-0.15, -0.1) is 0 Å². The third kappa shape index (κ3) is 2.38. The highest BCUT2D eigenvalue weighted by Gasteiger charge is 2.48. The lowest BCUT2D eigenvalue weighted by Gasteiger charge is -2.42. The molecule has 0 aromatic heterocycles. The molecular formula is C8H15NO7. The van der Waals surface area contributed by atoms with Crippen molar-refractivity contribution in [3.05, 3.63) is 5.21 Å². The summed E-state index contributed by atoms with van der Waals surface area (Å²) in [6, 6.07) is -1.63. The molecule has 1 amide bonds. The number of nitrogens with one attached hydrogen (secondary N) is 1. The van der Waals surface area contributed by atoms with Gasteiger partial charge in [0, 0.05) is 1.37 Å². The van der Waals surface area contributed by atoms with E-state index < -0.39 is 55.1 Å². The van der Waals surface area contributed by atoms with Gasteiger partial charge in [-0.1, -0.05) is 0 Å². The molecule has 1 rings (SSSR count). The molecule has 8 nitrogen and oxygen atoms in total. The number of carbonyl (C=O) groups is 1. The molecule has 0 aliphatic carbocycles. The molecule has 0 saturated carbocycles. The van der Waals surface area contributed by atoms with Gasteiger partial charge in [0.05, 0.1) is 13.5 Å². The lowest BCUT2D eigenvalue weighted by molar-refractivity contribution is -0.814. The summed E-state index contributed by atoms with van der Waals surface area (Å²) in [7, 11) is 0. The summed E-state index contributed by atoms with van der Waals surface area (Å²) in [5, 5.41) is 47.6. The van der Waals surface area contributed by atoms with E-state index in [-0.39, 0.29) is 0 Å². The number of aliphatic hydroxyl groups excluding tert-OH is 4. The van der Waals surface area contributed by atoms with E-state index in [0.717, 1.165) is 0 Å². The fourth-order valence-electron chi connectivity index (χ4n) is 1.57. The van der Waals surface area contributed by atoms with Crippen LogP contribution in [0, 0.1) is 5.21 Å². The van der Waals surface area contributed by atoms with Crippen molar-refractivity contribution < 1.29 is 36.4 Å². The predicted molar refractivity (Wildman–Crippen MR) is 48.8 cm³/mol. The van der Waals surface area contributed by atoms with Gasteiger partial charge in [-0.25, -0.2) is 4.79 Å². The summed E-state index contributed by atoms with van der Waals surface area (Å²) in [5.41, 5.74) is 0. The van der Waals surface area contributed by atoms with Crippen LogP contribution in [0.15, 0.2) is 0 Å². The second-order valence-electron chi connectivity index (χ2n) is 3.54. The Bertz CT molecular complexity index is 279. The van der Waals surface area contributed by atoms with Crippen LogP contribution in [0.1, 0.15) is 8.27 Å². The molecule has 1 aliphatic rings. The molecule has 0 aromatic rings. The summed E-state index contributed by atoms with van der Waals surface area (Å²) in [6.07, 6.45) is -6.33. The van der Waals surface area contributed by atoms with E-state index in [2.05, 4.69) is 0 Å². The number of hydrogen-bond acceptors (Lipinski definition) is 7. The van der Waals surface area contributed by atoms with E-state index in [9.17, 15) is 25.3 Å². The monoisotopic (exact) mass is 238 g/mol. The Morgan fingerprint density at radius 3 is 2.62 bits per heavy atom. The molecule has 1 aliphatic heterocycles. The van der Waals surface area contributed by atoms with E-state index in [1.165, 1.54) is 0 Å². The van der Waals surface area contributed by atoms with Gasteiger partial charge in [0.1, 0.15) is 18.3 Å². The third-order valence-electron chi connectivity index (χ3n) is 2.48. The van der Waals surface area contributed by atoms with E-state index >= 15 is 0 Å².